The Morgan fingerprint density at radius 2 is 1.86 bits per heavy atom. The summed E-state index contributed by atoms with van der Waals surface area (Å²) < 4.78 is 5.45. The lowest BCUT2D eigenvalue weighted by atomic mass is 10.1. The third-order valence-corrected chi connectivity index (χ3v) is 3.26. The molecule has 1 aromatic heterocycles. The molecule has 0 bridgehead atoms. The average Bonchev–Trinajstić information content (AvgIpc) is 2.41. The summed E-state index contributed by atoms with van der Waals surface area (Å²) in [6, 6.07) is 4.31. The lowest BCUT2D eigenvalue weighted by molar-refractivity contribution is 0.0192. The Morgan fingerprint density at radius 1 is 1.27 bits per heavy atom. The third kappa shape index (κ3) is 6.43. The van der Waals surface area contributed by atoms with Crippen molar-refractivity contribution in [1.82, 2.24) is 15.2 Å². The van der Waals surface area contributed by atoms with E-state index in [2.05, 4.69) is 17.2 Å². The number of carbonyl (C=O) groups is 1. The van der Waals surface area contributed by atoms with Crippen LogP contribution in [0.4, 0.5) is 4.79 Å². The van der Waals surface area contributed by atoms with Crippen molar-refractivity contribution >= 4 is 6.09 Å². The van der Waals surface area contributed by atoms with Crippen LogP contribution in [0.15, 0.2) is 24.5 Å². The van der Waals surface area contributed by atoms with Crippen LogP contribution < -0.4 is 5.32 Å². The molecule has 0 aliphatic carbocycles. The van der Waals surface area contributed by atoms with Crippen molar-refractivity contribution in [2.45, 2.75) is 59.2 Å². The van der Waals surface area contributed by atoms with Gasteiger partial charge in [-0.1, -0.05) is 0 Å². The van der Waals surface area contributed by atoms with Crippen LogP contribution in [-0.4, -0.2) is 40.7 Å². The van der Waals surface area contributed by atoms with Crippen LogP contribution in [0, 0.1) is 0 Å². The van der Waals surface area contributed by atoms with E-state index < -0.39 is 5.60 Å². The zero-order chi connectivity index (χ0) is 16.8. The highest BCUT2D eigenvalue weighted by molar-refractivity contribution is 5.68. The number of aromatic nitrogens is 1. The van der Waals surface area contributed by atoms with E-state index in [4.69, 9.17) is 4.74 Å². The maximum absolute atomic E-state index is 12.2. The molecule has 0 saturated carbocycles. The lowest BCUT2D eigenvalue weighted by Gasteiger charge is -2.30. The summed E-state index contributed by atoms with van der Waals surface area (Å²) in [5, 5.41) is 3.42. The first-order valence-electron chi connectivity index (χ1n) is 7.83. The van der Waals surface area contributed by atoms with Crippen LogP contribution >= 0.6 is 0 Å². The highest BCUT2D eigenvalue weighted by atomic mass is 16.6. The summed E-state index contributed by atoms with van der Waals surface area (Å²) in [7, 11) is 0. The lowest BCUT2D eigenvalue weighted by Crippen LogP contribution is -2.44. The molecule has 0 aliphatic heterocycles. The Labute approximate surface area is 134 Å². The van der Waals surface area contributed by atoms with Crippen LogP contribution in [0.3, 0.4) is 0 Å². The quantitative estimate of drug-likeness (QED) is 0.875. The molecule has 1 rings (SSSR count). The molecule has 0 radical (unpaired) electrons. The highest BCUT2D eigenvalue weighted by Crippen LogP contribution is 2.13. The number of nitrogens with one attached hydrogen (secondary N) is 1. The van der Waals surface area contributed by atoms with E-state index in [-0.39, 0.29) is 18.2 Å². The second kappa shape index (κ2) is 8.13. The van der Waals surface area contributed by atoms with Crippen molar-refractivity contribution in [3.8, 4) is 0 Å². The number of amides is 1. The molecule has 1 heterocycles. The fourth-order valence-corrected chi connectivity index (χ4v) is 2.05. The molecule has 1 aromatic rings. The van der Waals surface area contributed by atoms with Crippen molar-refractivity contribution in [3.63, 3.8) is 0 Å². The Bertz CT molecular complexity index is 455. The van der Waals surface area contributed by atoms with Gasteiger partial charge in [-0.15, -0.1) is 0 Å². The van der Waals surface area contributed by atoms with Gasteiger partial charge in [0.05, 0.1) is 0 Å². The molecule has 1 N–H and O–H groups in total. The molecule has 124 valence electrons. The summed E-state index contributed by atoms with van der Waals surface area (Å²) in [6.45, 7) is 13.1. The molecule has 0 aliphatic rings. The number of ether oxygens (including phenoxy) is 1. The fraction of sp³-hybridized carbons (Fsp3) is 0.647. The fourth-order valence-electron chi connectivity index (χ4n) is 2.05. The van der Waals surface area contributed by atoms with Gasteiger partial charge in [-0.25, -0.2) is 4.79 Å². The molecule has 1 amide bonds. The Balaban J connectivity index is 2.50. The SMILES string of the molecule is CC(NCCN(C(=O)OC(C)(C)C)C(C)C)c1ccncc1. The number of rotatable bonds is 6. The molecule has 1 atom stereocenters. The van der Waals surface area contributed by atoms with Gasteiger partial charge >= 0.3 is 6.09 Å². The highest BCUT2D eigenvalue weighted by Gasteiger charge is 2.23. The van der Waals surface area contributed by atoms with Gasteiger partial charge in [0, 0.05) is 37.6 Å². The normalized spacial score (nSPS) is 13.0. The number of nitrogens with zero attached hydrogens (tertiary/aromatic N) is 2. The summed E-state index contributed by atoms with van der Waals surface area (Å²) in [6.07, 6.45) is 3.31. The molecular weight excluding hydrogens is 278 g/mol. The van der Waals surface area contributed by atoms with Gasteiger partial charge in [0.1, 0.15) is 5.60 Å². The minimum atomic E-state index is -0.470. The molecule has 22 heavy (non-hydrogen) atoms. The first-order chi connectivity index (χ1) is 10.2. The number of hydrogen-bond acceptors (Lipinski definition) is 4. The van der Waals surface area contributed by atoms with Gasteiger partial charge in [0.15, 0.2) is 0 Å². The minimum absolute atomic E-state index is 0.105. The monoisotopic (exact) mass is 307 g/mol. The van der Waals surface area contributed by atoms with Crippen molar-refractivity contribution in [1.29, 1.82) is 0 Å². The van der Waals surface area contributed by atoms with E-state index in [0.29, 0.717) is 13.1 Å². The molecule has 5 nitrogen and oxygen atoms in total. The van der Waals surface area contributed by atoms with Gasteiger partial charge in [-0.05, 0) is 59.2 Å². The van der Waals surface area contributed by atoms with Crippen LogP contribution in [0.2, 0.25) is 0 Å². The van der Waals surface area contributed by atoms with E-state index in [9.17, 15) is 4.79 Å². The molecule has 0 saturated heterocycles. The Hall–Kier alpha value is -1.62. The molecule has 1 unspecified atom stereocenters. The summed E-state index contributed by atoms with van der Waals surface area (Å²) in [5.74, 6) is 0. The van der Waals surface area contributed by atoms with Gasteiger partial charge < -0.3 is 15.0 Å². The van der Waals surface area contributed by atoms with Crippen molar-refractivity contribution < 1.29 is 9.53 Å². The van der Waals surface area contributed by atoms with Crippen LogP contribution in [0.5, 0.6) is 0 Å². The van der Waals surface area contributed by atoms with E-state index in [1.54, 1.807) is 17.3 Å². The summed E-state index contributed by atoms with van der Waals surface area (Å²) in [5.41, 5.74) is 0.713. The van der Waals surface area contributed by atoms with Gasteiger partial charge in [0.25, 0.3) is 0 Å². The van der Waals surface area contributed by atoms with E-state index in [0.717, 1.165) is 0 Å². The standard InChI is InChI=1S/C17H29N3O2/c1-13(2)20(16(21)22-17(4,5)6)12-11-19-14(3)15-7-9-18-10-8-15/h7-10,13-14,19H,11-12H2,1-6H3. The molecular formula is C17H29N3O2. The largest absolute Gasteiger partial charge is 0.444 e. The second-order valence-electron chi connectivity index (χ2n) is 6.72. The van der Waals surface area contributed by atoms with E-state index in [1.807, 2.05) is 46.8 Å². The summed E-state index contributed by atoms with van der Waals surface area (Å²) in [4.78, 5) is 18.0. The molecule has 0 spiro atoms. The van der Waals surface area contributed by atoms with Crippen molar-refractivity contribution in [2.75, 3.05) is 13.1 Å². The topological polar surface area (TPSA) is 54.5 Å². The Kier molecular flexibility index (Phi) is 6.81. The van der Waals surface area contributed by atoms with Crippen molar-refractivity contribution in [3.05, 3.63) is 30.1 Å². The second-order valence-corrected chi connectivity index (χ2v) is 6.72. The third-order valence-electron chi connectivity index (χ3n) is 3.26. The first-order valence-corrected chi connectivity index (χ1v) is 7.83. The smallest absolute Gasteiger partial charge is 0.410 e. The van der Waals surface area contributed by atoms with Gasteiger partial charge in [0.2, 0.25) is 0 Å². The van der Waals surface area contributed by atoms with Crippen molar-refractivity contribution in [2.24, 2.45) is 0 Å². The maximum atomic E-state index is 12.2. The van der Waals surface area contributed by atoms with Crippen LogP contribution in [0.1, 0.15) is 53.1 Å². The Morgan fingerprint density at radius 3 is 2.36 bits per heavy atom. The average molecular weight is 307 g/mol. The summed E-state index contributed by atoms with van der Waals surface area (Å²) >= 11 is 0. The molecule has 5 heteroatoms. The predicted octanol–water partition coefficient (Wildman–Crippen LogP) is 3.38. The van der Waals surface area contributed by atoms with Crippen LogP contribution in [-0.2, 0) is 4.74 Å². The van der Waals surface area contributed by atoms with E-state index >= 15 is 0 Å². The number of pyridine rings is 1. The van der Waals surface area contributed by atoms with Gasteiger partial charge in [-0.3, -0.25) is 4.98 Å². The number of carbonyl (C=O) groups excluding carboxylic acids is 1. The first kappa shape index (κ1) is 18.4. The molecule has 0 aromatic carbocycles. The maximum Gasteiger partial charge on any atom is 0.410 e. The molecule has 0 fully saturated rings. The zero-order valence-corrected chi connectivity index (χ0v) is 14.6. The van der Waals surface area contributed by atoms with Crippen LogP contribution in [0.25, 0.3) is 0 Å². The minimum Gasteiger partial charge on any atom is -0.444 e. The van der Waals surface area contributed by atoms with E-state index in [1.165, 1.54) is 5.56 Å². The zero-order valence-electron chi connectivity index (χ0n) is 14.6. The number of hydrogen-bond donors (Lipinski definition) is 1. The predicted molar refractivity (Wildman–Crippen MR) is 88.7 cm³/mol. The van der Waals surface area contributed by atoms with Gasteiger partial charge in [-0.2, -0.15) is 0 Å².